The number of carbonyl (C=O) groups excluding carboxylic acids is 1. The molecule has 0 unspecified atom stereocenters. The molecule has 7 nitrogen and oxygen atoms in total. The third kappa shape index (κ3) is 4.82. The van der Waals surface area contributed by atoms with Crippen molar-refractivity contribution in [2.75, 3.05) is 28.6 Å². The fraction of sp³-hybridized carbons (Fsp3) is 0.238. The van der Waals surface area contributed by atoms with Crippen LogP contribution in [0, 0.1) is 0 Å². The molecule has 0 aliphatic rings. The van der Waals surface area contributed by atoms with Crippen LogP contribution in [0.1, 0.15) is 31.1 Å². The minimum atomic E-state index is 0.0139. The van der Waals surface area contributed by atoms with E-state index in [1.807, 2.05) is 24.3 Å². The predicted octanol–water partition coefficient (Wildman–Crippen LogP) is 4.41. The molecule has 0 spiro atoms. The van der Waals surface area contributed by atoms with Gasteiger partial charge in [-0.05, 0) is 57.2 Å². The molecule has 3 aromatic rings. The third-order valence-corrected chi connectivity index (χ3v) is 4.35. The van der Waals surface area contributed by atoms with Crippen LogP contribution in [0.5, 0.6) is 0 Å². The van der Waals surface area contributed by atoms with Crippen molar-refractivity contribution in [3.05, 3.63) is 60.3 Å². The highest BCUT2D eigenvalue weighted by Crippen LogP contribution is 2.21. The lowest BCUT2D eigenvalue weighted by molar-refractivity contribution is 0.101. The van der Waals surface area contributed by atoms with Gasteiger partial charge in [0.1, 0.15) is 0 Å². The largest absolute Gasteiger partial charge is 0.372 e. The number of hydrogen-bond acceptors (Lipinski definition) is 7. The smallest absolute Gasteiger partial charge is 0.249 e. The van der Waals surface area contributed by atoms with Gasteiger partial charge in [-0.25, -0.2) is 0 Å². The molecule has 0 fully saturated rings. The Kier molecular flexibility index (Phi) is 6.16. The number of aromatic nitrogens is 3. The molecule has 0 radical (unpaired) electrons. The molecule has 0 aliphatic carbocycles. The van der Waals surface area contributed by atoms with Crippen molar-refractivity contribution in [1.82, 2.24) is 15.2 Å². The van der Waals surface area contributed by atoms with E-state index in [4.69, 9.17) is 0 Å². The lowest BCUT2D eigenvalue weighted by Gasteiger charge is -2.21. The Morgan fingerprint density at radius 3 is 2.43 bits per heavy atom. The average Bonchev–Trinajstić information content (AvgIpc) is 2.71. The van der Waals surface area contributed by atoms with Crippen molar-refractivity contribution in [3.8, 4) is 0 Å². The summed E-state index contributed by atoms with van der Waals surface area (Å²) in [5, 5.41) is 14.3. The van der Waals surface area contributed by atoms with Crippen LogP contribution in [-0.2, 0) is 0 Å². The van der Waals surface area contributed by atoms with Crippen LogP contribution in [-0.4, -0.2) is 34.1 Å². The van der Waals surface area contributed by atoms with E-state index >= 15 is 0 Å². The number of rotatable bonds is 8. The quantitative estimate of drug-likeness (QED) is 0.564. The first-order valence-corrected chi connectivity index (χ1v) is 9.28. The Morgan fingerprint density at radius 1 is 1.00 bits per heavy atom. The number of ketones is 1. The van der Waals surface area contributed by atoms with E-state index in [2.05, 4.69) is 56.7 Å². The summed E-state index contributed by atoms with van der Waals surface area (Å²) in [6, 6.07) is 15.4. The van der Waals surface area contributed by atoms with Gasteiger partial charge in [-0.15, -0.1) is 5.10 Å². The molecule has 2 N–H and O–H groups in total. The van der Waals surface area contributed by atoms with E-state index in [1.165, 1.54) is 11.9 Å². The maximum absolute atomic E-state index is 11.5. The van der Waals surface area contributed by atoms with Gasteiger partial charge in [0.25, 0.3) is 0 Å². The third-order valence-electron chi connectivity index (χ3n) is 4.35. The summed E-state index contributed by atoms with van der Waals surface area (Å²) in [6.07, 6.45) is 1.54. The van der Waals surface area contributed by atoms with Crippen molar-refractivity contribution in [2.45, 2.75) is 20.8 Å². The average molecular weight is 376 g/mol. The molecule has 28 heavy (non-hydrogen) atoms. The number of hydrogen-bond donors (Lipinski definition) is 2. The van der Waals surface area contributed by atoms with Crippen LogP contribution in [0.4, 0.5) is 28.8 Å². The molecular formula is C21H24N6O. The Morgan fingerprint density at radius 2 is 1.75 bits per heavy atom. The van der Waals surface area contributed by atoms with Crippen molar-refractivity contribution in [1.29, 1.82) is 0 Å². The van der Waals surface area contributed by atoms with Gasteiger partial charge in [-0.3, -0.25) is 4.79 Å². The molecule has 0 saturated heterocycles. The maximum atomic E-state index is 11.5. The number of benzene rings is 2. The van der Waals surface area contributed by atoms with Gasteiger partial charge >= 0.3 is 0 Å². The van der Waals surface area contributed by atoms with Crippen LogP contribution in [0.3, 0.4) is 0 Å². The molecular weight excluding hydrogens is 352 g/mol. The van der Waals surface area contributed by atoms with Gasteiger partial charge in [-0.1, -0.05) is 12.1 Å². The van der Waals surface area contributed by atoms with E-state index in [-0.39, 0.29) is 5.78 Å². The molecule has 1 heterocycles. The lowest BCUT2D eigenvalue weighted by Crippen LogP contribution is -2.21. The molecule has 1 aromatic heterocycles. The monoisotopic (exact) mass is 376 g/mol. The van der Waals surface area contributed by atoms with E-state index in [0.717, 1.165) is 24.5 Å². The SMILES string of the molecule is CCN(CC)c1ccc(Nc2nncc(Nc3cccc(C(C)=O)c3)n2)cc1. The molecule has 0 bridgehead atoms. The fourth-order valence-corrected chi connectivity index (χ4v) is 2.85. The van der Waals surface area contributed by atoms with Crippen LogP contribution in [0.2, 0.25) is 0 Å². The number of anilines is 5. The summed E-state index contributed by atoms with van der Waals surface area (Å²) < 4.78 is 0. The Balaban J connectivity index is 1.71. The van der Waals surface area contributed by atoms with E-state index in [0.29, 0.717) is 17.3 Å². The molecule has 0 saturated carbocycles. The topological polar surface area (TPSA) is 83.0 Å². The van der Waals surface area contributed by atoms with Gasteiger partial charge in [0.15, 0.2) is 11.6 Å². The normalized spacial score (nSPS) is 10.4. The second-order valence-electron chi connectivity index (χ2n) is 6.27. The number of Topliss-reactive ketones (excluding diaryl/α,β-unsaturated/α-hetero) is 1. The highest BCUT2D eigenvalue weighted by atomic mass is 16.1. The zero-order valence-corrected chi connectivity index (χ0v) is 16.3. The summed E-state index contributed by atoms with van der Waals surface area (Å²) in [4.78, 5) is 18.2. The molecule has 0 amide bonds. The van der Waals surface area contributed by atoms with Gasteiger partial charge in [0, 0.05) is 35.7 Å². The summed E-state index contributed by atoms with van der Waals surface area (Å²) in [6.45, 7) is 7.75. The zero-order valence-electron chi connectivity index (χ0n) is 16.3. The number of carbonyl (C=O) groups is 1. The molecule has 0 aliphatic heterocycles. The first kappa shape index (κ1) is 19.3. The molecule has 7 heteroatoms. The summed E-state index contributed by atoms with van der Waals surface area (Å²) >= 11 is 0. The van der Waals surface area contributed by atoms with Gasteiger partial charge in [0.2, 0.25) is 5.95 Å². The van der Waals surface area contributed by atoms with E-state index in [9.17, 15) is 4.79 Å². The second-order valence-corrected chi connectivity index (χ2v) is 6.27. The van der Waals surface area contributed by atoms with Crippen molar-refractivity contribution < 1.29 is 4.79 Å². The second kappa shape index (κ2) is 8.94. The fourth-order valence-electron chi connectivity index (χ4n) is 2.85. The zero-order chi connectivity index (χ0) is 19.9. The van der Waals surface area contributed by atoms with Crippen LogP contribution in [0.15, 0.2) is 54.7 Å². The Labute approximate surface area is 164 Å². The standard InChI is InChI=1S/C21H24N6O/c1-4-27(5-2)19-11-9-17(10-12-19)24-21-25-20(14-22-26-21)23-18-8-6-7-16(13-18)15(3)28/h6-14H,4-5H2,1-3H3,(H2,23,24,25,26). The Hall–Kier alpha value is -3.48. The summed E-state index contributed by atoms with van der Waals surface area (Å²) in [5.41, 5.74) is 3.46. The van der Waals surface area contributed by atoms with Crippen LogP contribution < -0.4 is 15.5 Å². The van der Waals surface area contributed by atoms with E-state index in [1.54, 1.807) is 19.1 Å². The van der Waals surface area contributed by atoms with Crippen molar-refractivity contribution in [2.24, 2.45) is 0 Å². The van der Waals surface area contributed by atoms with Crippen molar-refractivity contribution in [3.63, 3.8) is 0 Å². The first-order valence-electron chi connectivity index (χ1n) is 9.28. The summed E-state index contributed by atoms with van der Waals surface area (Å²) in [5.74, 6) is 0.946. The minimum absolute atomic E-state index is 0.0139. The number of nitrogens with zero attached hydrogens (tertiary/aromatic N) is 4. The first-order chi connectivity index (χ1) is 13.6. The highest BCUT2D eigenvalue weighted by molar-refractivity contribution is 5.95. The predicted molar refractivity (Wildman–Crippen MR) is 113 cm³/mol. The van der Waals surface area contributed by atoms with E-state index < -0.39 is 0 Å². The Bertz CT molecular complexity index is 938. The minimum Gasteiger partial charge on any atom is -0.372 e. The van der Waals surface area contributed by atoms with Crippen LogP contribution in [0.25, 0.3) is 0 Å². The van der Waals surface area contributed by atoms with Gasteiger partial charge in [-0.2, -0.15) is 10.1 Å². The number of nitrogens with one attached hydrogen (secondary N) is 2. The van der Waals surface area contributed by atoms with Crippen LogP contribution >= 0.6 is 0 Å². The highest BCUT2D eigenvalue weighted by Gasteiger charge is 2.06. The molecule has 3 rings (SSSR count). The van der Waals surface area contributed by atoms with Gasteiger partial charge in [0.05, 0.1) is 6.20 Å². The molecule has 0 atom stereocenters. The molecule has 144 valence electrons. The van der Waals surface area contributed by atoms with Gasteiger partial charge < -0.3 is 15.5 Å². The molecule has 2 aromatic carbocycles. The summed E-state index contributed by atoms with van der Waals surface area (Å²) in [7, 11) is 0. The van der Waals surface area contributed by atoms with Crippen molar-refractivity contribution >= 4 is 34.6 Å². The maximum Gasteiger partial charge on any atom is 0.249 e. The lowest BCUT2D eigenvalue weighted by atomic mass is 10.1.